The summed E-state index contributed by atoms with van der Waals surface area (Å²) in [5.74, 6) is 0.436. The van der Waals surface area contributed by atoms with E-state index < -0.39 is 0 Å². The van der Waals surface area contributed by atoms with Crippen molar-refractivity contribution in [2.24, 2.45) is 5.92 Å². The highest BCUT2D eigenvalue weighted by Crippen LogP contribution is 2.32. The Kier molecular flexibility index (Phi) is 3.09. The molecule has 1 N–H and O–H groups in total. The second kappa shape index (κ2) is 4.58. The van der Waals surface area contributed by atoms with Crippen LogP contribution in [0.4, 0.5) is 0 Å². The molecular formula is C13H22N2O2. The number of piperidine rings is 1. The molecule has 17 heavy (non-hydrogen) atoms. The average Bonchev–Trinajstić information content (AvgIpc) is 3.13. The number of hydrogen-bond acceptors (Lipinski definition) is 3. The summed E-state index contributed by atoms with van der Waals surface area (Å²) in [5.41, 5.74) is 0. The van der Waals surface area contributed by atoms with Crippen LogP contribution in [0.1, 0.15) is 32.1 Å². The third-order valence-corrected chi connectivity index (χ3v) is 4.43. The largest absolute Gasteiger partial charge is 0.396 e. The second-order valence-corrected chi connectivity index (χ2v) is 5.82. The molecule has 2 atom stereocenters. The number of carbonyl (C=O) groups excluding carboxylic acids is 1. The Hall–Kier alpha value is -0.610. The van der Waals surface area contributed by atoms with Crippen LogP contribution in [0.15, 0.2) is 0 Å². The molecule has 3 fully saturated rings. The van der Waals surface area contributed by atoms with Gasteiger partial charge in [-0.05, 0) is 32.2 Å². The third kappa shape index (κ3) is 2.33. The summed E-state index contributed by atoms with van der Waals surface area (Å²) < 4.78 is 0. The van der Waals surface area contributed by atoms with E-state index in [0.717, 1.165) is 25.6 Å². The number of aliphatic hydroxyl groups excluding tert-OH is 1. The number of aliphatic hydroxyl groups is 1. The van der Waals surface area contributed by atoms with Gasteiger partial charge in [0, 0.05) is 44.1 Å². The zero-order chi connectivity index (χ0) is 11.8. The molecule has 1 amide bonds. The lowest BCUT2D eigenvalue weighted by Crippen LogP contribution is -2.49. The molecule has 2 aliphatic heterocycles. The van der Waals surface area contributed by atoms with E-state index in [9.17, 15) is 4.79 Å². The molecule has 0 spiro atoms. The molecule has 4 heteroatoms. The highest BCUT2D eigenvalue weighted by Gasteiger charge is 2.38. The monoisotopic (exact) mass is 238 g/mol. The molecule has 0 aromatic rings. The van der Waals surface area contributed by atoms with E-state index in [1.54, 1.807) is 0 Å². The molecule has 2 heterocycles. The smallest absolute Gasteiger partial charge is 0.223 e. The first-order valence-corrected chi connectivity index (χ1v) is 6.92. The van der Waals surface area contributed by atoms with Crippen molar-refractivity contribution in [1.82, 2.24) is 9.80 Å². The van der Waals surface area contributed by atoms with Crippen molar-refractivity contribution in [3.05, 3.63) is 0 Å². The molecule has 0 bridgehead atoms. The number of nitrogens with zero attached hydrogens (tertiary/aromatic N) is 2. The van der Waals surface area contributed by atoms with Gasteiger partial charge in [-0.3, -0.25) is 9.69 Å². The van der Waals surface area contributed by atoms with Gasteiger partial charge in [0.2, 0.25) is 5.91 Å². The summed E-state index contributed by atoms with van der Waals surface area (Å²) in [7, 11) is 0. The zero-order valence-electron chi connectivity index (χ0n) is 10.3. The minimum Gasteiger partial charge on any atom is -0.396 e. The van der Waals surface area contributed by atoms with Crippen LogP contribution >= 0.6 is 0 Å². The van der Waals surface area contributed by atoms with Crippen LogP contribution in [0.3, 0.4) is 0 Å². The van der Waals surface area contributed by atoms with Crippen LogP contribution in [-0.2, 0) is 4.79 Å². The molecule has 0 aromatic heterocycles. The fourth-order valence-electron chi connectivity index (χ4n) is 3.29. The van der Waals surface area contributed by atoms with Gasteiger partial charge in [0.25, 0.3) is 0 Å². The van der Waals surface area contributed by atoms with Crippen molar-refractivity contribution < 1.29 is 9.90 Å². The van der Waals surface area contributed by atoms with E-state index in [1.165, 1.54) is 25.8 Å². The molecule has 2 unspecified atom stereocenters. The van der Waals surface area contributed by atoms with E-state index >= 15 is 0 Å². The maximum atomic E-state index is 11.9. The Morgan fingerprint density at radius 1 is 1.18 bits per heavy atom. The van der Waals surface area contributed by atoms with Gasteiger partial charge in [0.1, 0.15) is 0 Å². The van der Waals surface area contributed by atoms with Crippen LogP contribution in [0.2, 0.25) is 0 Å². The van der Waals surface area contributed by atoms with Crippen molar-refractivity contribution in [3.8, 4) is 0 Å². The van der Waals surface area contributed by atoms with E-state index in [2.05, 4.69) is 4.90 Å². The number of likely N-dealkylation sites (tertiary alicyclic amines) is 2. The second-order valence-electron chi connectivity index (χ2n) is 5.82. The third-order valence-electron chi connectivity index (χ3n) is 4.43. The van der Waals surface area contributed by atoms with Crippen LogP contribution in [0.25, 0.3) is 0 Å². The average molecular weight is 238 g/mol. The topological polar surface area (TPSA) is 43.8 Å². The number of carbonyl (C=O) groups is 1. The van der Waals surface area contributed by atoms with Crippen molar-refractivity contribution in [2.75, 3.05) is 26.2 Å². The lowest BCUT2D eigenvalue weighted by atomic mass is 10.0. The fourth-order valence-corrected chi connectivity index (χ4v) is 3.29. The Bertz CT molecular complexity index is 304. The first-order chi connectivity index (χ1) is 8.28. The Labute approximate surface area is 103 Å². The molecule has 3 rings (SSSR count). The maximum Gasteiger partial charge on any atom is 0.223 e. The molecule has 1 aliphatic carbocycles. The van der Waals surface area contributed by atoms with Gasteiger partial charge in [0.15, 0.2) is 0 Å². The van der Waals surface area contributed by atoms with Gasteiger partial charge in [-0.25, -0.2) is 0 Å². The molecule has 0 radical (unpaired) electrons. The quantitative estimate of drug-likeness (QED) is 0.776. The minimum atomic E-state index is 0.154. The fraction of sp³-hybridized carbons (Fsp3) is 0.923. The molecule has 2 saturated heterocycles. The summed E-state index contributed by atoms with van der Waals surface area (Å²) in [4.78, 5) is 16.5. The van der Waals surface area contributed by atoms with Crippen LogP contribution in [-0.4, -0.2) is 59.1 Å². The van der Waals surface area contributed by atoms with E-state index in [0.29, 0.717) is 12.5 Å². The summed E-state index contributed by atoms with van der Waals surface area (Å²) >= 11 is 0. The summed E-state index contributed by atoms with van der Waals surface area (Å²) in [5, 5.41) is 9.16. The molecule has 1 saturated carbocycles. The first-order valence-electron chi connectivity index (χ1n) is 6.92. The Morgan fingerprint density at radius 3 is 2.65 bits per heavy atom. The van der Waals surface area contributed by atoms with Crippen LogP contribution < -0.4 is 0 Å². The Morgan fingerprint density at radius 2 is 2.00 bits per heavy atom. The van der Waals surface area contributed by atoms with Gasteiger partial charge >= 0.3 is 0 Å². The number of rotatable bonds is 3. The maximum absolute atomic E-state index is 11.9. The lowest BCUT2D eigenvalue weighted by Gasteiger charge is -2.37. The summed E-state index contributed by atoms with van der Waals surface area (Å²) in [6, 6.07) is 1.22. The van der Waals surface area contributed by atoms with E-state index in [1.807, 2.05) is 4.90 Å². The van der Waals surface area contributed by atoms with Crippen molar-refractivity contribution >= 4 is 5.91 Å². The van der Waals surface area contributed by atoms with Crippen LogP contribution in [0.5, 0.6) is 0 Å². The first kappa shape index (κ1) is 11.5. The summed E-state index contributed by atoms with van der Waals surface area (Å²) in [6.07, 6.45) is 5.61. The molecule has 4 nitrogen and oxygen atoms in total. The molecular weight excluding hydrogens is 216 g/mol. The predicted octanol–water partition coefficient (Wildman–Crippen LogP) is 0.454. The highest BCUT2D eigenvalue weighted by atomic mass is 16.3. The van der Waals surface area contributed by atoms with E-state index in [4.69, 9.17) is 5.11 Å². The molecule has 0 aromatic carbocycles. The minimum absolute atomic E-state index is 0.154. The van der Waals surface area contributed by atoms with Gasteiger partial charge in [-0.1, -0.05) is 0 Å². The SMILES string of the molecule is O=C1CC(CO)CN1C1CCCN(C2CC2)C1. The van der Waals surface area contributed by atoms with Gasteiger partial charge in [-0.2, -0.15) is 0 Å². The van der Waals surface area contributed by atoms with Gasteiger partial charge in [0.05, 0.1) is 0 Å². The van der Waals surface area contributed by atoms with Gasteiger partial charge < -0.3 is 10.0 Å². The summed E-state index contributed by atoms with van der Waals surface area (Å²) in [6.45, 7) is 3.21. The van der Waals surface area contributed by atoms with Crippen LogP contribution in [0, 0.1) is 5.92 Å². The van der Waals surface area contributed by atoms with E-state index in [-0.39, 0.29) is 18.4 Å². The molecule has 96 valence electrons. The van der Waals surface area contributed by atoms with Crippen molar-refractivity contribution in [2.45, 2.75) is 44.2 Å². The molecule has 3 aliphatic rings. The standard InChI is InChI=1S/C13H22N2O2/c16-9-10-6-13(17)15(7-10)12-2-1-5-14(8-12)11-3-4-11/h10-12,16H,1-9H2. The normalized spacial score (nSPS) is 35.6. The lowest BCUT2D eigenvalue weighted by molar-refractivity contribution is -0.130. The predicted molar refractivity (Wildman–Crippen MR) is 64.5 cm³/mol. The Balaban J connectivity index is 1.61. The number of amides is 1. The zero-order valence-corrected chi connectivity index (χ0v) is 10.3. The number of hydrogen-bond donors (Lipinski definition) is 1. The van der Waals surface area contributed by atoms with Crippen molar-refractivity contribution in [3.63, 3.8) is 0 Å². The van der Waals surface area contributed by atoms with Gasteiger partial charge in [-0.15, -0.1) is 0 Å². The van der Waals surface area contributed by atoms with Crippen molar-refractivity contribution in [1.29, 1.82) is 0 Å². The highest BCUT2D eigenvalue weighted by molar-refractivity contribution is 5.79.